The molecule has 3 atom stereocenters. The lowest BCUT2D eigenvalue weighted by molar-refractivity contribution is -0.00853. The SMILES string of the molecule is CC(C)C(C)OC1CS(=O)(=O)CC1Br. The van der Waals surface area contributed by atoms with Crippen molar-refractivity contribution in [2.75, 3.05) is 11.5 Å². The predicted molar refractivity (Wildman–Crippen MR) is 60.5 cm³/mol. The maximum atomic E-state index is 11.3. The third-order valence-corrected chi connectivity index (χ3v) is 5.61. The number of hydrogen-bond donors (Lipinski definition) is 0. The minimum Gasteiger partial charge on any atom is -0.373 e. The Labute approximate surface area is 94.3 Å². The second-order valence-corrected chi connectivity index (χ2v) is 7.55. The van der Waals surface area contributed by atoms with Crippen LogP contribution in [0.1, 0.15) is 20.8 Å². The number of alkyl halides is 1. The van der Waals surface area contributed by atoms with E-state index in [0.29, 0.717) is 5.92 Å². The summed E-state index contributed by atoms with van der Waals surface area (Å²) in [5.41, 5.74) is 0. The lowest BCUT2D eigenvalue weighted by atomic mass is 10.1. The third-order valence-electron chi connectivity index (χ3n) is 2.56. The molecular formula is C9H17BrO3S. The monoisotopic (exact) mass is 284 g/mol. The first kappa shape index (κ1) is 12.5. The van der Waals surface area contributed by atoms with Gasteiger partial charge in [-0.05, 0) is 12.8 Å². The summed E-state index contributed by atoms with van der Waals surface area (Å²) in [7, 11) is -2.89. The summed E-state index contributed by atoms with van der Waals surface area (Å²) >= 11 is 3.35. The Morgan fingerprint density at radius 3 is 2.21 bits per heavy atom. The van der Waals surface area contributed by atoms with Gasteiger partial charge in [0, 0.05) is 0 Å². The zero-order chi connectivity index (χ0) is 10.9. The van der Waals surface area contributed by atoms with Crippen molar-refractivity contribution in [3.63, 3.8) is 0 Å². The van der Waals surface area contributed by atoms with Gasteiger partial charge in [0.1, 0.15) is 0 Å². The summed E-state index contributed by atoms with van der Waals surface area (Å²) in [6.45, 7) is 6.12. The summed E-state index contributed by atoms with van der Waals surface area (Å²) < 4.78 is 28.3. The van der Waals surface area contributed by atoms with Crippen molar-refractivity contribution >= 4 is 25.8 Å². The highest BCUT2D eigenvalue weighted by Gasteiger charge is 2.37. The van der Waals surface area contributed by atoms with Gasteiger partial charge in [0.25, 0.3) is 0 Å². The molecule has 3 unspecified atom stereocenters. The van der Waals surface area contributed by atoms with Crippen LogP contribution in [0.5, 0.6) is 0 Å². The third kappa shape index (κ3) is 3.21. The molecule has 0 bridgehead atoms. The summed E-state index contributed by atoms with van der Waals surface area (Å²) in [5.74, 6) is 0.764. The Morgan fingerprint density at radius 1 is 1.29 bits per heavy atom. The van der Waals surface area contributed by atoms with Gasteiger partial charge < -0.3 is 4.74 Å². The minimum atomic E-state index is -2.89. The van der Waals surface area contributed by atoms with Gasteiger partial charge in [0.15, 0.2) is 9.84 Å². The van der Waals surface area contributed by atoms with E-state index in [0.717, 1.165) is 0 Å². The largest absolute Gasteiger partial charge is 0.373 e. The summed E-state index contributed by atoms with van der Waals surface area (Å²) in [6, 6.07) is 0. The molecule has 1 saturated heterocycles. The fourth-order valence-corrected chi connectivity index (χ4v) is 4.74. The maximum Gasteiger partial charge on any atom is 0.154 e. The predicted octanol–water partition coefficient (Wildman–Crippen LogP) is 1.61. The second kappa shape index (κ2) is 4.49. The lowest BCUT2D eigenvalue weighted by Crippen LogP contribution is -2.29. The molecule has 0 spiro atoms. The summed E-state index contributed by atoms with van der Waals surface area (Å²) in [6.07, 6.45) is -0.0780. The first-order chi connectivity index (χ1) is 6.32. The highest BCUT2D eigenvalue weighted by Crippen LogP contribution is 2.24. The van der Waals surface area contributed by atoms with Gasteiger partial charge in [-0.1, -0.05) is 29.8 Å². The molecule has 0 N–H and O–H groups in total. The number of ether oxygens (including phenoxy) is 1. The molecule has 0 aromatic rings. The van der Waals surface area contributed by atoms with Crippen molar-refractivity contribution in [1.29, 1.82) is 0 Å². The highest BCUT2D eigenvalue weighted by atomic mass is 79.9. The van der Waals surface area contributed by atoms with E-state index in [1.165, 1.54) is 0 Å². The van der Waals surface area contributed by atoms with Crippen LogP contribution in [-0.4, -0.2) is 37.0 Å². The van der Waals surface area contributed by atoms with Crippen LogP contribution < -0.4 is 0 Å². The van der Waals surface area contributed by atoms with Crippen molar-refractivity contribution < 1.29 is 13.2 Å². The van der Waals surface area contributed by atoms with Crippen molar-refractivity contribution in [3.05, 3.63) is 0 Å². The van der Waals surface area contributed by atoms with E-state index >= 15 is 0 Å². The number of hydrogen-bond acceptors (Lipinski definition) is 3. The summed E-state index contributed by atoms with van der Waals surface area (Å²) in [4.78, 5) is -0.0475. The van der Waals surface area contributed by atoms with Crippen LogP contribution in [0.15, 0.2) is 0 Å². The molecule has 0 saturated carbocycles. The van der Waals surface area contributed by atoms with Gasteiger partial charge in [-0.15, -0.1) is 0 Å². The molecule has 0 aromatic heterocycles. The molecule has 1 heterocycles. The molecule has 1 rings (SSSR count). The highest BCUT2D eigenvalue weighted by molar-refractivity contribution is 9.09. The van der Waals surface area contributed by atoms with Crippen LogP contribution in [0.2, 0.25) is 0 Å². The van der Waals surface area contributed by atoms with Crippen LogP contribution in [-0.2, 0) is 14.6 Å². The van der Waals surface area contributed by atoms with E-state index < -0.39 is 9.84 Å². The molecule has 14 heavy (non-hydrogen) atoms. The molecule has 1 fully saturated rings. The van der Waals surface area contributed by atoms with Crippen molar-refractivity contribution in [2.24, 2.45) is 5.92 Å². The average Bonchev–Trinajstić information content (AvgIpc) is 2.24. The number of sulfone groups is 1. The first-order valence-electron chi connectivity index (χ1n) is 4.82. The Kier molecular flexibility index (Phi) is 4.00. The molecule has 0 aliphatic carbocycles. The molecule has 0 amide bonds. The van der Waals surface area contributed by atoms with Crippen LogP contribution in [0.3, 0.4) is 0 Å². The lowest BCUT2D eigenvalue weighted by Gasteiger charge is -2.22. The minimum absolute atomic E-state index is 0.0475. The fourth-order valence-electron chi connectivity index (χ4n) is 1.33. The van der Waals surface area contributed by atoms with E-state index in [-0.39, 0.29) is 28.5 Å². The van der Waals surface area contributed by atoms with Crippen LogP contribution in [0.25, 0.3) is 0 Å². The van der Waals surface area contributed by atoms with E-state index in [1.54, 1.807) is 0 Å². The van der Waals surface area contributed by atoms with E-state index in [2.05, 4.69) is 29.8 Å². The quantitative estimate of drug-likeness (QED) is 0.740. The van der Waals surface area contributed by atoms with Gasteiger partial charge in [-0.3, -0.25) is 0 Å². The maximum absolute atomic E-state index is 11.3. The van der Waals surface area contributed by atoms with E-state index in [9.17, 15) is 8.42 Å². The van der Waals surface area contributed by atoms with Gasteiger partial charge in [0.2, 0.25) is 0 Å². The molecular weight excluding hydrogens is 268 g/mol. The van der Waals surface area contributed by atoms with Crippen LogP contribution in [0, 0.1) is 5.92 Å². The average molecular weight is 285 g/mol. The molecule has 3 nitrogen and oxygen atoms in total. The Balaban J connectivity index is 2.55. The van der Waals surface area contributed by atoms with Crippen molar-refractivity contribution in [3.8, 4) is 0 Å². The topological polar surface area (TPSA) is 43.4 Å². The van der Waals surface area contributed by atoms with Crippen molar-refractivity contribution in [2.45, 2.75) is 37.8 Å². The Morgan fingerprint density at radius 2 is 1.86 bits per heavy atom. The van der Waals surface area contributed by atoms with Gasteiger partial charge in [0.05, 0.1) is 28.5 Å². The number of rotatable bonds is 3. The summed E-state index contributed by atoms with van der Waals surface area (Å²) in [5, 5.41) is 0. The zero-order valence-corrected chi connectivity index (χ0v) is 11.1. The molecule has 1 aliphatic heterocycles. The van der Waals surface area contributed by atoms with Gasteiger partial charge in [-0.25, -0.2) is 8.42 Å². The zero-order valence-electron chi connectivity index (χ0n) is 8.73. The fraction of sp³-hybridized carbons (Fsp3) is 1.00. The normalized spacial score (nSPS) is 33.5. The smallest absolute Gasteiger partial charge is 0.154 e. The Hall–Kier alpha value is 0.390. The van der Waals surface area contributed by atoms with Crippen LogP contribution >= 0.6 is 15.9 Å². The first-order valence-corrected chi connectivity index (χ1v) is 7.55. The number of halogens is 1. The van der Waals surface area contributed by atoms with Gasteiger partial charge >= 0.3 is 0 Å². The second-order valence-electron chi connectivity index (χ2n) is 4.22. The van der Waals surface area contributed by atoms with E-state index in [4.69, 9.17) is 4.74 Å². The Bertz CT molecular complexity index is 286. The molecule has 84 valence electrons. The van der Waals surface area contributed by atoms with Crippen LogP contribution in [0.4, 0.5) is 0 Å². The molecule has 1 aliphatic rings. The molecule has 0 aromatic carbocycles. The van der Waals surface area contributed by atoms with Crippen molar-refractivity contribution in [1.82, 2.24) is 0 Å². The van der Waals surface area contributed by atoms with E-state index in [1.807, 2.05) is 6.92 Å². The molecule has 0 radical (unpaired) electrons. The standard InChI is InChI=1S/C9H17BrO3S/c1-6(2)7(3)13-9-5-14(11,12)4-8(9)10/h6-9H,4-5H2,1-3H3. The molecule has 5 heteroatoms. The van der Waals surface area contributed by atoms with Gasteiger partial charge in [-0.2, -0.15) is 0 Å².